The molecule has 0 aliphatic carbocycles. The van der Waals surface area contributed by atoms with E-state index in [4.69, 9.17) is 0 Å². The lowest BCUT2D eigenvalue weighted by molar-refractivity contribution is 0.630. The molecule has 1 aliphatic heterocycles. The van der Waals surface area contributed by atoms with E-state index in [2.05, 4.69) is 32.4 Å². The number of anilines is 1. The lowest BCUT2D eigenvalue weighted by atomic mass is 10.2. The lowest BCUT2D eigenvalue weighted by Crippen LogP contribution is -2.40. The van der Waals surface area contributed by atoms with Crippen molar-refractivity contribution in [3.63, 3.8) is 0 Å². The number of nitrogens with one attached hydrogen (secondary N) is 1. The van der Waals surface area contributed by atoms with Crippen molar-refractivity contribution in [2.45, 2.75) is 6.42 Å². The van der Waals surface area contributed by atoms with Gasteiger partial charge in [-0.2, -0.15) is 0 Å². The van der Waals surface area contributed by atoms with Gasteiger partial charge in [0.15, 0.2) is 0 Å². The highest BCUT2D eigenvalue weighted by Crippen LogP contribution is 2.23. The van der Waals surface area contributed by atoms with Crippen molar-refractivity contribution in [3.05, 3.63) is 22.4 Å². The summed E-state index contributed by atoms with van der Waals surface area (Å²) in [6, 6.07) is 2.08. The largest absolute Gasteiger partial charge is 0.310 e. The minimum absolute atomic E-state index is 0.970. The molecule has 3 nitrogen and oxygen atoms in total. The third kappa shape index (κ3) is 1.32. The molecule has 0 amide bonds. The van der Waals surface area contributed by atoms with Crippen LogP contribution in [0.5, 0.6) is 0 Å². The van der Waals surface area contributed by atoms with Gasteiger partial charge in [0.1, 0.15) is 0 Å². The van der Waals surface area contributed by atoms with Crippen LogP contribution in [0.3, 0.4) is 0 Å². The fourth-order valence-electron chi connectivity index (χ4n) is 1.37. The Morgan fingerprint density at radius 1 is 1.67 bits per heavy atom. The van der Waals surface area contributed by atoms with Crippen molar-refractivity contribution >= 4 is 21.6 Å². The van der Waals surface area contributed by atoms with E-state index in [0.717, 1.165) is 23.1 Å². The summed E-state index contributed by atoms with van der Waals surface area (Å²) in [5.74, 6) is 0. The Balaban J connectivity index is 2.47. The van der Waals surface area contributed by atoms with Gasteiger partial charge in [0.2, 0.25) is 0 Å². The van der Waals surface area contributed by atoms with E-state index in [1.165, 1.54) is 5.69 Å². The van der Waals surface area contributed by atoms with Crippen LogP contribution in [0.2, 0.25) is 0 Å². The molecule has 0 saturated heterocycles. The maximum absolute atomic E-state index is 4.34. The number of halogens is 1. The van der Waals surface area contributed by atoms with Crippen LogP contribution in [0, 0.1) is 0 Å². The van der Waals surface area contributed by atoms with E-state index < -0.39 is 0 Å². The Morgan fingerprint density at radius 2 is 2.50 bits per heavy atom. The molecule has 1 N–H and O–H groups in total. The molecule has 64 valence electrons. The molecule has 0 aromatic carbocycles. The van der Waals surface area contributed by atoms with Crippen LogP contribution in [0.4, 0.5) is 5.69 Å². The van der Waals surface area contributed by atoms with E-state index >= 15 is 0 Å². The van der Waals surface area contributed by atoms with Crippen LogP contribution in [0.15, 0.2) is 16.7 Å². The van der Waals surface area contributed by atoms with Gasteiger partial charge < -0.3 is 5.01 Å². The molecule has 2 heterocycles. The van der Waals surface area contributed by atoms with E-state index in [1.807, 2.05) is 18.3 Å². The first-order chi connectivity index (χ1) is 5.77. The second-order valence-corrected chi connectivity index (χ2v) is 3.75. The Labute approximate surface area is 79.9 Å². The second-order valence-electron chi connectivity index (χ2n) is 2.84. The average molecular weight is 228 g/mol. The van der Waals surface area contributed by atoms with E-state index in [-0.39, 0.29) is 0 Å². The Kier molecular flexibility index (Phi) is 2.02. The first-order valence-corrected chi connectivity index (χ1v) is 4.68. The van der Waals surface area contributed by atoms with Gasteiger partial charge >= 0.3 is 0 Å². The number of hydrogen-bond acceptors (Lipinski definition) is 3. The molecule has 0 radical (unpaired) electrons. The zero-order chi connectivity index (χ0) is 8.55. The quantitative estimate of drug-likeness (QED) is 0.726. The molecule has 1 aromatic heterocycles. The highest BCUT2D eigenvalue weighted by molar-refractivity contribution is 9.10. The molecule has 0 unspecified atom stereocenters. The number of hydrogen-bond donors (Lipinski definition) is 1. The zero-order valence-electron chi connectivity index (χ0n) is 6.84. The highest BCUT2D eigenvalue weighted by atomic mass is 79.9. The van der Waals surface area contributed by atoms with Gasteiger partial charge in [0.25, 0.3) is 0 Å². The van der Waals surface area contributed by atoms with Gasteiger partial charge in [-0.25, -0.2) is 5.43 Å². The smallest absolute Gasteiger partial charge is 0.0743 e. The Bertz CT molecular complexity index is 300. The van der Waals surface area contributed by atoms with Crippen molar-refractivity contribution < 1.29 is 0 Å². The molecule has 0 atom stereocenters. The summed E-state index contributed by atoms with van der Waals surface area (Å²) >= 11 is 3.40. The van der Waals surface area contributed by atoms with Crippen LogP contribution in [0.25, 0.3) is 0 Å². The zero-order valence-corrected chi connectivity index (χ0v) is 8.43. The molecule has 1 aromatic rings. The summed E-state index contributed by atoms with van der Waals surface area (Å²) in [6.45, 7) is 0.970. The fourth-order valence-corrected chi connectivity index (χ4v) is 1.69. The van der Waals surface area contributed by atoms with Crippen LogP contribution < -0.4 is 10.4 Å². The van der Waals surface area contributed by atoms with Crippen molar-refractivity contribution in [1.29, 1.82) is 0 Å². The standard InChI is InChI=1S/C8H10BrN3/c1-12-8-4-6(9)5-10-7(8)2-3-11-12/h4-5,11H,2-3H2,1H3. The van der Waals surface area contributed by atoms with Crippen molar-refractivity contribution in [1.82, 2.24) is 10.4 Å². The molecule has 4 heteroatoms. The molecule has 0 saturated carbocycles. The lowest BCUT2D eigenvalue weighted by Gasteiger charge is -2.27. The number of rotatable bonds is 0. The average Bonchev–Trinajstić information content (AvgIpc) is 2.07. The highest BCUT2D eigenvalue weighted by Gasteiger charge is 2.13. The molecule has 1 aliphatic rings. The number of pyridine rings is 1. The van der Waals surface area contributed by atoms with Gasteiger partial charge in [-0.15, -0.1) is 0 Å². The van der Waals surface area contributed by atoms with Gasteiger partial charge in [0, 0.05) is 30.7 Å². The minimum Gasteiger partial charge on any atom is -0.310 e. The van der Waals surface area contributed by atoms with Crippen molar-refractivity contribution in [3.8, 4) is 0 Å². The summed E-state index contributed by atoms with van der Waals surface area (Å²) in [5.41, 5.74) is 5.57. The van der Waals surface area contributed by atoms with Crippen molar-refractivity contribution in [2.75, 3.05) is 18.6 Å². The van der Waals surface area contributed by atoms with Crippen molar-refractivity contribution in [2.24, 2.45) is 0 Å². The molecule has 0 bridgehead atoms. The maximum Gasteiger partial charge on any atom is 0.0743 e. The number of aromatic nitrogens is 1. The topological polar surface area (TPSA) is 28.2 Å². The molecular weight excluding hydrogens is 218 g/mol. The Morgan fingerprint density at radius 3 is 3.33 bits per heavy atom. The summed E-state index contributed by atoms with van der Waals surface area (Å²) < 4.78 is 1.02. The summed E-state index contributed by atoms with van der Waals surface area (Å²) in [5, 5.41) is 2.01. The predicted molar refractivity (Wildman–Crippen MR) is 52.0 cm³/mol. The summed E-state index contributed by atoms with van der Waals surface area (Å²) in [7, 11) is 2.01. The van der Waals surface area contributed by atoms with Crippen LogP contribution in [-0.4, -0.2) is 18.6 Å². The van der Waals surface area contributed by atoms with E-state index in [9.17, 15) is 0 Å². The fraction of sp³-hybridized carbons (Fsp3) is 0.375. The van der Waals surface area contributed by atoms with Gasteiger partial charge in [0.05, 0.1) is 11.4 Å². The number of hydrazine groups is 1. The summed E-state index contributed by atoms with van der Waals surface area (Å²) in [4.78, 5) is 4.34. The van der Waals surface area contributed by atoms with E-state index in [1.54, 1.807) is 0 Å². The predicted octanol–water partition coefficient (Wildman–Crippen LogP) is 1.34. The van der Waals surface area contributed by atoms with Gasteiger partial charge in [-0.1, -0.05) is 0 Å². The molecule has 2 rings (SSSR count). The normalized spacial score (nSPS) is 16.0. The first kappa shape index (κ1) is 8.01. The van der Waals surface area contributed by atoms with Gasteiger partial charge in [-0.3, -0.25) is 4.98 Å². The molecule has 0 fully saturated rings. The third-order valence-electron chi connectivity index (χ3n) is 1.99. The van der Waals surface area contributed by atoms with Crippen LogP contribution >= 0.6 is 15.9 Å². The van der Waals surface area contributed by atoms with E-state index in [0.29, 0.717) is 0 Å². The number of fused-ring (bicyclic) bond motifs is 1. The minimum atomic E-state index is 0.970. The van der Waals surface area contributed by atoms with Crippen LogP contribution in [0.1, 0.15) is 5.69 Å². The monoisotopic (exact) mass is 227 g/mol. The third-order valence-corrected chi connectivity index (χ3v) is 2.42. The van der Waals surface area contributed by atoms with Crippen LogP contribution in [-0.2, 0) is 6.42 Å². The molecule has 12 heavy (non-hydrogen) atoms. The summed E-state index contributed by atoms with van der Waals surface area (Å²) in [6.07, 6.45) is 2.85. The first-order valence-electron chi connectivity index (χ1n) is 3.89. The Hall–Kier alpha value is -0.610. The second kappa shape index (κ2) is 3.03. The molecule has 0 spiro atoms. The SMILES string of the molecule is CN1NCCc2ncc(Br)cc21. The van der Waals surface area contributed by atoms with Gasteiger partial charge in [-0.05, 0) is 22.0 Å². The molecular formula is C8H10BrN3. The maximum atomic E-state index is 4.34. The number of nitrogens with zero attached hydrogens (tertiary/aromatic N) is 2.